The second-order valence-electron chi connectivity index (χ2n) is 0.424. The van der Waals surface area contributed by atoms with Crippen LogP contribution in [0.25, 0.3) is 0 Å². The molecule has 5 heteroatoms. The summed E-state index contributed by atoms with van der Waals surface area (Å²) in [5.74, 6) is 0. The van der Waals surface area contributed by atoms with Gasteiger partial charge in [0.05, 0.1) is 0 Å². The van der Waals surface area contributed by atoms with Crippen molar-refractivity contribution in [2.75, 3.05) is 0 Å². The van der Waals surface area contributed by atoms with Crippen LogP contribution >= 0.6 is 0 Å². The maximum absolute atomic E-state index is 8.38. The van der Waals surface area contributed by atoms with Crippen molar-refractivity contribution in [3.8, 4) is 0 Å². The molecule has 1 aliphatic heterocycles. The third-order valence-electron chi connectivity index (χ3n) is 0.141. The van der Waals surface area contributed by atoms with Crippen molar-refractivity contribution >= 4 is 15.7 Å². The number of rotatable bonds is 0. The summed E-state index contributed by atoms with van der Waals surface area (Å²) in [5, 5.41) is 0. The van der Waals surface area contributed by atoms with E-state index in [2.05, 4.69) is 8.20 Å². The third kappa shape index (κ3) is 12.3. The Morgan fingerprint density at radius 1 is 1.40 bits per heavy atom. The third-order valence-corrected chi connectivity index (χ3v) is 0.424. The average Bonchev–Trinajstić information content (AvgIpc) is 2.19. The first-order valence-corrected chi connectivity index (χ1v) is 3.60. The molecular weight excluding hydrogens is 136 g/mol. The predicted molar refractivity (Wildman–Crippen MR) is 12.7 cm³/mol. The van der Waals surface area contributed by atoms with Gasteiger partial charge in [-0.1, -0.05) is 0 Å². The van der Waals surface area contributed by atoms with Crippen molar-refractivity contribution in [1.82, 2.24) is 0 Å². The van der Waals surface area contributed by atoms with Gasteiger partial charge in [0, 0.05) is 0 Å². The van der Waals surface area contributed by atoms with E-state index in [1.807, 2.05) is 0 Å². The Labute approximate surface area is 45.9 Å². The molecule has 1 aliphatic rings. The van der Waals surface area contributed by atoms with Crippen molar-refractivity contribution in [1.29, 1.82) is 0 Å². The number of nitrogens with zero attached hydrogens (tertiary/aromatic N) is 2. The molecular formula is HAlN2OZn. The Morgan fingerprint density at radius 3 is 1.60 bits per heavy atom. The van der Waals surface area contributed by atoms with E-state index in [0.29, 0.717) is 0 Å². The van der Waals surface area contributed by atoms with Gasteiger partial charge in [-0.15, -0.1) is 0 Å². The topological polar surface area (TPSA) is 41.8 Å². The first-order valence-electron chi connectivity index (χ1n) is 1.12. The molecule has 0 saturated heterocycles. The molecule has 0 saturated carbocycles. The van der Waals surface area contributed by atoms with E-state index in [1.54, 1.807) is 0 Å². The molecule has 0 unspecified atom stereocenters. The molecule has 0 fully saturated rings. The zero-order chi connectivity index (χ0) is 4.12. The molecule has 0 aromatic rings. The van der Waals surface area contributed by atoms with Gasteiger partial charge < -0.3 is 8.20 Å². The number of hydrogen-bond donors (Lipinski definition) is 0. The minimum atomic E-state index is -0.0833. The van der Waals surface area contributed by atoms with Gasteiger partial charge in [-0.05, 0) is 0 Å². The van der Waals surface area contributed by atoms with Crippen molar-refractivity contribution in [3.05, 3.63) is 0 Å². The normalized spacial score (nSPS) is 10.8. The zero-order valence-electron chi connectivity index (χ0n) is 2.72. The molecule has 0 spiro atoms. The van der Waals surface area contributed by atoms with E-state index in [-0.39, 0.29) is 33.9 Å². The molecule has 0 aromatic carbocycles. The first kappa shape index (κ1) is 5.56. The molecule has 22 valence electrons. The monoisotopic (exact) mass is 136 g/mol. The Morgan fingerprint density at radius 2 is 1.60 bits per heavy atom. The standard InChI is InChI=1S/Al.N2.O.Zn.H/c;1-2;;;/q+2;-2;;;. The fourth-order valence-electron chi connectivity index (χ4n) is 0. The molecule has 0 radical (unpaired) electrons. The molecule has 0 bridgehead atoms. The van der Waals surface area contributed by atoms with Gasteiger partial charge in [0.25, 0.3) is 0 Å². The molecule has 0 aliphatic carbocycles. The summed E-state index contributed by atoms with van der Waals surface area (Å²) in [5.41, 5.74) is 0. The van der Waals surface area contributed by atoms with Gasteiger partial charge >= 0.3 is 37.5 Å². The second kappa shape index (κ2) is 4.56. The summed E-state index contributed by atoms with van der Waals surface area (Å²) in [6, 6.07) is 0. The summed E-state index contributed by atoms with van der Waals surface area (Å²) in [4.78, 5) is 0. The van der Waals surface area contributed by atoms with Crippen LogP contribution in [0.3, 0.4) is 0 Å². The van der Waals surface area contributed by atoms with E-state index in [0.717, 1.165) is 0 Å². The Kier molecular flexibility index (Phi) is 5.06. The van der Waals surface area contributed by atoms with Crippen LogP contribution in [0.15, 0.2) is 8.20 Å². The van der Waals surface area contributed by atoms with Crippen molar-refractivity contribution in [3.63, 3.8) is 0 Å². The number of hydrogen-bond acceptors (Lipinski definition) is 3. The Hall–Kier alpha value is 0.556. The van der Waals surface area contributed by atoms with Crippen LogP contribution in [-0.4, -0.2) is 15.7 Å². The summed E-state index contributed by atoms with van der Waals surface area (Å²) < 4.78 is 15.4. The van der Waals surface area contributed by atoms with Crippen LogP contribution in [0.4, 0.5) is 0 Å². The van der Waals surface area contributed by atoms with E-state index in [9.17, 15) is 0 Å². The van der Waals surface area contributed by atoms with Gasteiger partial charge in [0.15, 0.2) is 0 Å². The molecule has 0 aromatic heterocycles. The van der Waals surface area contributed by atoms with Crippen LogP contribution in [0, 0.1) is 0 Å². The van der Waals surface area contributed by atoms with Crippen molar-refractivity contribution in [2.24, 2.45) is 8.20 Å². The average molecular weight is 137 g/mol. The summed E-state index contributed by atoms with van der Waals surface area (Å²) in [7, 11) is 0. The molecule has 3 nitrogen and oxygen atoms in total. The second-order valence-corrected chi connectivity index (χ2v) is 1.27. The SMILES string of the molecule is [N]1=[N][AlH]1.[O]=[Zn]. The molecule has 5 heavy (non-hydrogen) atoms. The van der Waals surface area contributed by atoms with E-state index in [1.165, 1.54) is 0 Å². The van der Waals surface area contributed by atoms with E-state index >= 15 is 0 Å². The Bertz CT molecular complexity index is 40.9. The fraction of sp³-hybridized carbons (Fsp3) is 0. The van der Waals surface area contributed by atoms with Gasteiger partial charge in [0.2, 0.25) is 0 Å². The summed E-state index contributed by atoms with van der Waals surface area (Å²) in [6.45, 7) is 0. The van der Waals surface area contributed by atoms with Crippen LogP contribution < -0.4 is 0 Å². The van der Waals surface area contributed by atoms with Crippen molar-refractivity contribution < 1.29 is 21.8 Å². The van der Waals surface area contributed by atoms with Crippen molar-refractivity contribution in [2.45, 2.75) is 0 Å². The fourth-order valence-corrected chi connectivity index (χ4v) is 0. The van der Waals surface area contributed by atoms with Crippen LogP contribution in [0.2, 0.25) is 0 Å². The molecule has 0 amide bonds. The summed E-state index contributed by atoms with van der Waals surface area (Å²) >= 11 is 0.0417. The van der Waals surface area contributed by atoms with Gasteiger partial charge in [-0.3, -0.25) is 0 Å². The quantitative estimate of drug-likeness (QED) is 0.419. The van der Waals surface area contributed by atoms with Gasteiger partial charge in [0.1, 0.15) is 0 Å². The molecule has 1 heterocycles. The molecule has 0 N–H and O–H groups in total. The molecule has 1 rings (SSSR count). The minimum absolute atomic E-state index is 0.0833. The van der Waals surface area contributed by atoms with Gasteiger partial charge in [-0.25, -0.2) is 0 Å². The van der Waals surface area contributed by atoms with Crippen LogP contribution in [-0.2, 0) is 21.8 Å². The van der Waals surface area contributed by atoms with Gasteiger partial charge in [-0.2, -0.15) is 0 Å². The van der Waals surface area contributed by atoms with E-state index < -0.39 is 0 Å². The molecule has 0 atom stereocenters. The zero-order valence-corrected chi connectivity index (χ0v) is 7.10. The van der Waals surface area contributed by atoms with Crippen LogP contribution in [0.5, 0.6) is 0 Å². The predicted octanol–water partition coefficient (Wildman–Crippen LogP) is -0.403. The summed E-state index contributed by atoms with van der Waals surface area (Å²) in [6.07, 6.45) is 0. The van der Waals surface area contributed by atoms with Crippen LogP contribution in [0.1, 0.15) is 0 Å². The Balaban J connectivity index is 0.0000000733. The maximum atomic E-state index is 8.38. The van der Waals surface area contributed by atoms with E-state index in [4.69, 9.17) is 3.57 Å². The first-order chi connectivity index (χ1) is 2.50.